The van der Waals surface area contributed by atoms with Crippen LogP contribution in [-0.4, -0.2) is 54.3 Å². The van der Waals surface area contributed by atoms with Gasteiger partial charge in [0.15, 0.2) is 0 Å². The molecule has 0 spiro atoms. The Bertz CT molecular complexity index is 491. The summed E-state index contributed by atoms with van der Waals surface area (Å²) < 4.78 is 5.01. The molecule has 0 bridgehead atoms. The molecule has 5 nitrogen and oxygen atoms in total. The van der Waals surface area contributed by atoms with Crippen molar-refractivity contribution >= 4 is 5.91 Å². The first-order chi connectivity index (χ1) is 9.74. The third kappa shape index (κ3) is 4.65. The number of carbonyl (C=O) groups excluding carboxylic acids is 1. The number of rotatable bonds is 6. The summed E-state index contributed by atoms with van der Waals surface area (Å²) in [6.45, 7) is 3.57. The topological polar surface area (TPSA) is 62.7 Å². The maximum Gasteiger partial charge on any atom is 0.255 e. The number of likely N-dealkylation sites (N-methyl/N-ethyl adjacent to an activating group) is 1. The van der Waals surface area contributed by atoms with Crippen molar-refractivity contribution in [1.29, 1.82) is 0 Å². The fourth-order valence-corrected chi connectivity index (χ4v) is 1.67. The Balaban J connectivity index is 2.94. The summed E-state index contributed by atoms with van der Waals surface area (Å²) in [5.74, 6) is 5.61. The molecule has 0 fully saturated rings. The second kappa shape index (κ2) is 9.08. The van der Waals surface area contributed by atoms with E-state index in [0.29, 0.717) is 37.2 Å². The quantitative estimate of drug-likeness (QED) is 0.785. The molecule has 0 atom stereocenters. The average Bonchev–Trinajstić information content (AvgIpc) is 2.48. The smallest absolute Gasteiger partial charge is 0.255 e. The lowest BCUT2D eigenvalue weighted by atomic mass is 10.1. The average molecular weight is 276 g/mol. The van der Waals surface area contributed by atoms with Gasteiger partial charge < -0.3 is 14.7 Å². The highest BCUT2D eigenvalue weighted by molar-refractivity contribution is 5.96. The first kappa shape index (κ1) is 16.2. The third-order valence-electron chi connectivity index (χ3n) is 2.75. The molecule has 0 aliphatic carbocycles. The highest BCUT2D eigenvalue weighted by Crippen LogP contribution is 2.09. The maximum absolute atomic E-state index is 12.5. The number of hydrogen-bond acceptors (Lipinski definition) is 4. The minimum Gasteiger partial charge on any atom is -0.395 e. The van der Waals surface area contributed by atoms with Crippen LogP contribution in [0, 0.1) is 11.8 Å². The lowest BCUT2D eigenvalue weighted by molar-refractivity contribution is 0.0706. The fraction of sp³-hybridized carbons (Fsp3) is 0.467. The molecule has 5 heteroatoms. The lowest BCUT2D eigenvalue weighted by Crippen LogP contribution is -2.34. The minimum absolute atomic E-state index is 0.00542. The van der Waals surface area contributed by atoms with E-state index in [1.165, 1.54) is 0 Å². The Hall–Kier alpha value is -1.90. The SMILES string of the molecule is CCN(CCOC)C(=O)c1ccncc1C#CCCO. The molecule has 1 aromatic heterocycles. The minimum atomic E-state index is -0.0831. The molecule has 0 aliphatic rings. The number of ether oxygens (including phenoxy) is 1. The van der Waals surface area contributed by atoms with Gasteiger partial charge in [-0.15, -0.1) is 0 Å². The summed E-state index contributed by atoms with van der Waals surface area (Å²) >= 11 is 0. The van der Waals surface area contributed by atoms with Gasteiger partial charge in [-0.3, -0.25) is 9.78 Å². The maximum atomic E-state index is 12.5. The van der Waals surface area contributed by atoms with Gasteiger partial charge >= 0.3 is 0 Å². The molecule has 1 rings (SSSR count). The Labute approximate surface area is 119 Å². The van der Waals surface area contributed by atoms with Gasteiger partial charge in [-0.2, -0.15) is 0 Å². The van der Waals surface area contributed by atoms with Crippen molar-refractivity contribution in [3.05, 3.63) is 29.6 Å². The van der Waals surface area contributed by atoms with Gasteiger partial charge in [-0.1, -0.05) is 11.8 Å². The highest BCUT2D eigenvalue weighted by Gasteiger charge is 2.16. The second-order valence-electron chi connectivity index (χ2n) is 4.07. The molecule has 0 aromatic carbocycles. The first-order valence-electron chi connectivity index (χ1n) is 6.56. The van der Waals surface area contributed by atoms with E-state index >= 15 is 0 Å². The standard InChI is InChI=1S/C15H20N2O3/c1-3-17(9-11-20-2)15(19)14-7-8-16-12-13(14)6-4-5-10-18/h7-8,12,18H,3,5,9-11H2,1-2H3. The number of aliphatic hydroxyl groups excluding tert-OH is 1. The molecule has 1 N–H and O–H groups in total. The normalized spacial score (nSPS) is 9.75. The third-order valence-corrected chi connectivity index (χ3v) is 2.75. The Morgan fingerprint density at radius 2 is 2.35 bits per heavy atom. The number of carbonyl (C=O) groups is 1. The van der Waals surface area contributed by atoms with Gasteiger partial charge in [-0.05, 0) is 13.0 Å². The lowest BCUT2D eigenvalue weighted by Gasteiger charge is -2.20. The van der Waals surface area contributed by atoms with Crippen LogP contribution >= 0.6 is 0 Å². The summed E-state index contributed by atoms with van der Waals surface area (Å²) in [5.41, 5.74) is 1.12. The van der Waals surface area contributed by atoms with Crippen LogP contribution in [-0.2, 0) is 4.74 Å². The van der Waals surface area contributed by atoms with E-state index in [2.05, 4.69) is 16.8 Å². The number of aliphatic hydroxyl groups is 1. The van der Waals surface area contributed by atoms with Crippen LogP contribution in [0.25, 0.3) is 0 Å². The summed E-state index contributed by atoms with van der Waals surface area (Å²) in [5, 5.41) is 8.74. The zero-order chi connectivity index (χ0) is 14.8. The van der Waals surface area contributed by atoms with Crippen LogP contribution in [0.5, 0.6) is 0 Å². The van der Waals surface area contributed by atoms with Crippen molar-refractivity contribution < 1.29 is 14.6 Å². The fourth-order valence-electron chi connectivity index (χ4n) is 1.67. The number of pyridine rings is 1. The van der Waals surface area contributed by atoms with E-state index in [1.807, 2.05) is 6.92 Å². The summed E-state index contributed by atoms with van der Waals surface area (Å²) in [7, 11) is 1.61. The van der Waals surface area contributed by atoms with Crippen LogP contribution in [0.1, 0.15) is 29.3 Å². The molecule has 0 aliphatic heterocycles. The predicted octanol–water partition coefficient (Wildman–Crippen LogP) is 0.924. The molecule has 108 valence electrons. The Morgan fingerprint density at radius 1 is 1.55 bits per heavy atom. The van der Waals surface area contributed by atoms with E-state index < -0.39 is 0 Å². The van der Waals surface area contributed by atoms with Gasteiger partial charge in [0.25, 0.3) is 5.91 Å². The summed E-state index contributed by atoms with van der Waals surface area (Å²) in [6.07, 6.45) is 3.53. The van der Waals surface area contributed by atoms with Crippen molar-refractivity contribution in [1.82, 2.24) is 9.88 Å². The van der Waals surface area contributed by atoms with Crippen LogP contribution < -0.4 is 0 Å². The van der Waals surface area contributed by atoms with E-state index in [4.69, 9.17) is 9.84 Å². The Kier molecular flexibility index (Phi) is 7.33. The van der Waals surface area contributed by atoms with Crippen LogP contribution in [0.2, 0.25) is 0 Å². The molecule has 0 saturated carbocycles. The van der Waals surface area contributed by atoms with E-state index in [9.17, 15) is 4.79 Å². The van der Waals surface area contributed by atoms with Gasteiger partial charge in [-0.25, -0.2) is 0 Å². The summed E-state index contributed by atoms with van der Waals surface area (Å²) in [4.78, 5) is 18.2. The monoisotopic (exact) mass is 276 g/mol. The van der Waals surface area contributed by atoms with Crippen LogP contribution in [0.15, 0.2) is 18.5 Å². The largest absolute Gasteiger partial charge is 0.395 e. The molecule has 0 radical (unpaired) electrons. The first-order valence-corrected chi connectivity index (χ1v) is 6.56. The molecule has 1 heterocycles. The summed E-state index contributed by atoms with van der Waals surface area (Å²) in [6, 6.07) is 1.67. The van der Waals surface area contributed by atoms with Gasteiger partial charge in [0.05, 0.1) is 24.3 Å². The molecular formula is C15H20N2O3. The van der Waals surface area contributed by atoms with E-state index in [0.717, 1.165) is 0 Å². The Morgan fingerprint density at radius 3 is 3.00 bits per heavy atom. The van der Waals surface area contributed by atoms with Crippen molar-refractivity contribution in [3.63, 3.8) is 0 Å². The van der Waals surface area contributed by atoms with Crippen molar-refractivity contribution in [2.45, 2.75) is 13.3 Å². The predicted molar refractivity (Wildman–Crippen MR) is 76.3 cm³/mol. The highest BCUT2D eigenvalue weighted by atomic mass is 16.5. The van der Waals surface area contributed by atoms with Crippen LogP contribution in [0.4, 0.5) is 0 Å². The van der Waals surface area contributed by atoms with Gasteiger partial charge in [0.1, 0.15) is 0 Å². The molecule has 0 unspecified atom stereocenters. The van der Waals surface area contributed by atoms with Crippen molar-refractivity contribution in [2.24, 2.45) is 0 Å². The van der Waals surface area contributed by atoms with E-state index in [1.54, 1.807) is 30.5 Å². The number of methoxy groups -OCH3 is 1. The zero-order valence-electron chi connectivity index (χ0n) is 11.9. The number of amides is 1. The van der Waals surface area contributed by atoms with Gasteiger partial charge in [0.2, 0.25) is 0 Å². The molecule has 1 amide bonds. The molecule has 1 aromatic rings. The number of aromatic nitrogens is 1. The molecule has 0 saturated heterocycles. The van der Waals surface area contributed by atoms with E-state index in [-0.39, 0.29) is 12.5 Å². The molecule has 20 heavy (non-hydrogen) atoms. The number of hydrogen-bond donors (Lipinski definition) is 1. The van der Waals surface area contributed by atoms with Crippen molar-refractivity contribution in [2.75, 3.05) is 33.4 Å². The van der Waals surface area contributed by atoms with Gasteiger partial charge in [0, 0.05) is 39.0 Å². The van der Waals surface area contributed by atoms with Crippen LogP contribution in [0.3, 0.4) is 0 Å². The zero-order valence-corrected chi connectivity index (χ0v) is 11.9. The molecular weight excluding hydrogens is 256 g/mol. The second-order valence-corrected chi connectivity index (χ2v) is 4.07. The number of nitrogens with zero attached hydrogens (tertiary/aromatic N) is 2. The van der Waals surface area contributed by atoms with Crippen molar-refractivity contribution in [3.8, 4) is 11.8 Å².